The molecule has 0 aliphatic carbocycles. The molecule has 1 amide bonds. The lowest BCUT2D eigenvalue weighted by molar-refractivity contribution is 0.0337. The van der Waals surface area contributed by atoms with Crippen LogP contribution < -0.4 is 5.32 Å². The lowest BCUT2D eigenvalue weighted by atomic mass is 10.3. The summed E-state index contributed by atoms with van der Waals surface area (Å²) in [6.07, 6.45) is 0. The van der Waals surface area contributed by atoms with E-state index in [2.05, 4.69) is 25.3 Å². The number of hydrogen-bond acceptors (Lipinski definition) is 7. The van der Waals surface area contributed by atoms with Crippen molar-refractivity contribution in [1.82, 2.24) is 24.6 Å². The maximum atomic E-state index is 12.5. The standard InChI is InChI=1S/C18H19ClN6O2S/c1-12-20-16(23-25(12)15-4-2-13(19)3-5-15)17(26)22-18-21-14(11-28-18)10-24-6-8-27-9-7-24/h2-5,11H,6-10H2,1H3,(H,21,22,26). The maximum Gasteiger partial charge on any atom is 0.297 e. The molecular weight excluding hydrogens is 400 g/mol. The van der Waals surface area contributed by atoms with Crippen LogP contribution in [0.15, 0.2) is 29.6 Å². The lowest BCUT2D eigenvalue weighted by Crippen LogP contribution is -2.35. The number of benzene rings is 1. The van der Waals surface area contributed by atoms with E-state index in [0.717, 1.165) is 44.2 Å². The second-order valence-corrected chi connectivity index (χ2v) is 7.65. The second kappa shape index (κ2) is 8.36. The molecule has 0 radical (unpaired) electrons. The van der Waals surface area contributed by atoms with E-state index < -0.39 is 0 Å². The lowest BCUT2D eigenvalue weighted by Gasteiger charge is -2.25. The average Bonchev–Trinajstić information content (AvgIpc) is 3.30. The second-order valence-electron chi connectivity index (χ2n) is 6.36. The first-order chi connectivity index (χ1) is 13.6. The van der Waals surface area contributed by atoms with E-state index >= 15 is 0 Å². The number of aryl methyl sites for hydroxylation is 1. The van der Waals surface area contributed by atoms with Gasteiger partial charge >= 0.3 is 0 Å². The Morgan fingerprint density at radius 2 is 2.00 bits per heavy atom. The number of ether oxygens (including phenoxy) is 1. The third-order valence-corrected chi connectivity index (χ3v) is 5.36. The van der Waals surface area contributed by atoms with Crippen molar-refractivity contribution in [3.63, 3.8) is 0 Å². The molecule has 4 rings (SSSR count). The third kappa shape index (κ3) is 4.39. The van der Waals surface area contributed by atoms with Crippen molar-refractivity contribution >= 4 is 34.0 Å². The van der Waals surface area contributed by atoms with Gasteiger partial charge in [0, 0.05) is 30.0 Å². The van der Waals surface area contributed by atoms with Gasteiger partial charge in [0.05, 0.1) is 24.6 Å². The molecule has 2 aromatic heterocycles. The van der Waals surface area contributed by atoms with Crippen LogP contribution in [0.25, 0.3) is 5.69 Å². The van der Waals surface area contributed by atoms with Crippen molar-refractivity contribution in [2.24, 2.45) is 0 Å². The maximum absolute atomic E-state index is 12.5. The van der Waals surface area contributed by atoms with Crippen molar-refractivity contribution in [1.29, 1.82) is 0 Å². The van der Waals surface area contributed by atoms with Crippen molar-refractivity contribution in [2.45, 2.75) is 13.5 Å². The molecule has 28 heavy (non-hydrogen) atoms. The highest BCUT2D eigenvalue weighted by atomic mass is 35.5. The van der Waals surface area contributed by atoms with Crippen molar-refractivity contribution in [3.05, 3.63) is 52.0 Å². The fourth-order valence-electron chi connectivity index (χ4n) is 2.89. The van der Waals surface area contributed by atoms with Gasteiger partial charge in [-0.25, -0.2) is 14.6 Å². The van der Waals surface area contributed by atoms with Crippen LogP contribution in [0, 0.1) is 6.92 Å². The number of rotatable bonds is 5. The predicted octanol–water partition coefficient (Wildman–Crippen LogP) is 2.77. The molecule has 8 nitrogen and oxygen atoms in total. The Bertz CT molecular complexity index is 965. The summed E-state index contributed by atoms with van der Waals surface area (Å²) in [7, 11) is 0. The Morgan fingerprint density at radius 1 is 1.25 bits per heavy atom. The molecule has 0 bridgehead atoms. The molecule has 3 heterocycles. The minimum atomic E-state index is -0.386. The van der Waals surface area contributed by atoms with Gasteiger partial charge in [-0.15, -0.1) is 16.4 Å². The van der Waals surface area contributed by atoms with E-state index in [0.29, 0.717) is 16.0 Å². The summed E-state index contributed by atoms with van der Waals surface area (Å²) in [4.78, 5) is 23.6. The highest BCUT2D eigenvalue weighted by Crippen LogP contribution is 2.19. The number of nitrogens with zero attached hydrogens (tertiary/aromatic N) is 5. The van der Waals surface area contributed by atoms with Gasteiger partial charge in [0.1, 0.15) is 5.82 Å². The summed E-state index contributed by atoms with van der Waals surface area (Å²) in [5, 5.41) is 10.2. The molecule has 10 heteroatoms. The monoisotopic (exact) mass is 418 g/mol. The molecule has 1 aliphatic rings. The number of nitrogens with one attached hydrogen (secondary N) is 1. The molecule has 1 aliphatic heterocycles. The zero-order valence-electron chi connectivity index (χ0n) is 15.3. The van der Waals surface area contributed by atoms with Crippen molar-refractivity contribution < 1.29 is 9.53 Å². The number of carbonyl (C=O) groups is 1. The minimum Gasteiger partial charge on any atom is -0.379 e. The smallest absolute Gasteiger partial charge is 0.297 e. The first kappa shape index (κ1) is 19.0. The minimum absolute atomic E-state index is 0.0948. The van der Waals surface area contributed by atoms with Gasteiger partial charge in [0.25, 0.3) is 5.91 Å². The van der Waals surface area contributed by atoms with Crippen LogP contribution in [-0.2, 0) is 11.3 Å². The molecule has 1 N–H and O–H groups in total. The Balaban J connectivity index is 1.42. The van der Waals surface area contributed by atoms with Gasteiger partial charge in [0.2, 0.25) is 5.82 Å². The van der Waals surface area contributed by atoms with E-state index in [1.54, 1.807) is 23.7 Å². The van der Waals surface area contributed by atoms with Crippen LogP contribution in [0.5, 0.6) is 0 Å². The molecule has 0 unspecified atom stereocenters. The number of aromatic nitrogens is 4. The van der Waals surface area contributed by atoms with Crippen LogP contribution in [-0.4, -0.2) is 56.9 Å². The van der Waals surface area contributed by atoms with Crippen LogP contribution in [0.2, 0.25) is 5.02 Å². The summed E-state index contributed by atoms with van der Waals surface area (Å²) >= 11 is 7.32. The number of thiazole rings is 1. The van der Waals surface area contributed by atoms with Crippen LogP contribution >= 0.6 is 22.9 Å². The van der Waals surface area contributed by atoms with E-state index in [1.807, 2.05) is 17.5 Å². The van der Waals surface area contributed by atoms with Crippen LogP contribution in [0.4, 0.5) is 5.13 Å². The quantitative estimate of drug-likeness (QED) is 0.685. The van der Waals surface area contributed by atoms with Crippen molar-refractivity contribution in [2.75, 3.05) is 31.6 Å². The fraction of sp³-hybridized carbons (Fsp3) is 0.333. The predicted molar refractivity (Wildman–Crippen MR) is 107 cm³/mol. The number of anilines is 1. The first-order valence-electron chi connectivity index (χ1n) is 8.84. The summed E-state index contributed by atoms with van der Waals surface area (Å²) < 4.78 is 6.96. The highest BCUT2D eigenvalue weighted by Gasteiger charge is 2.18. The normalized spacial score (nSPS) is 14.9. The Labute approximate surface area is 171 Å². The molecule has 1 fully saturated rings. The average molecular weight is 419 g/mol. The van der Waals surface area contributed by atoms with Gasteiger partial charge < -0.3 is 4.74 Å². The zero-order chi connectivity index (χ0) is 19.5. The largest absolute Gasteiger partial charge is 0.379 e. The van der Waals surface area contributed by atoms with Gasteiger partial charge in [-0.1, -0.05) is 11.6 Å². The van der Waals surface area contributed by atoms with Gasteiger partial charge in [0.15, 0.2) is 5.13 Å². The van der Waals surface area contributed by atoms with Crippen LogP contribution in [0.1, 0.15) is 22.1 Å². The molecule has 146 valence electrons. The highest BCUT2D eigenvalue weighted by molar-refractivity contribution is 7.13. The van der Waals surface area contributed by atoms with E-state index in [-0.39, 0.29) is 11.7 Å². The van der Waals surface area contributed by atoms with Gasteiger partial charge in [-0.05, 0) is 31.2 Å². The summed E-state index contributed by atoms with van der Waals surface area (Å²) in [5.41, 5.74) is 1.72. The number of carbonyl (C=O) groups excluding carboxylic acids is 1. The third-order valence-electron chi connectivity index (χ3n) is 4.30. The molecule has 1 saturated heterocycles. The zero-order valence-corrected chi connectivity index (χ0v) is 16.8. The topological polar surface area (TPSA) is 85.2 Å². The van der Waals surface area contributed by atoms with E-state index in [4.69, 9.17) is 16.3 Å². The van der Waals surface area contributed by atoms with E-state index in [9.17, 15) is 4.79 Å². The molecule has 0 atom stereocenters. The van der Waals surface area contributed by atoms with E-state index in [1.165, 1.54) is 11.3 Å². The molecule has 1 aromatic carbocycles. The molecule has 3 aromatic rings. The Kier molecular flexibility index (Phi) is 5.67. The molecule has 0 saturated carbocycles. The Hall–Kier alpha value is -2.33. The number of halogens is 1. The van der Waals surface area contributed by atoms with Crippen molar-refractivity contribution in [3.8, 4) is 5.69 Å². The van der Waals surface area contributed by atoms with Gasteiger partial charge in [-0.3, -0.25) is 15.0 Å². The fourth-order valence-corrected chi connectivity index (χ4v) is 3.71. The van der Waals surface area contributed by atoms with Crippen LogP contribution in [0.3, 0.4) is 0 Å². The Morgan fingerprint density at radius 3 is 2.75 bits per heavy atom. The number of hydrogen-bond donors (Lipinski definition) is 1. The molecular formula is C18H19ClN6O2S. The summed E-state index contributed by atoms with van der Waals surface area (Å²) in [5.74, 6) is 0.320. The first-order valence-corrected chi connectivity index (χ1v) is 10.1. The number of amides is 1. The summed E-state index contributed by atoms with van der Waals surface area (Å²) in [6, 6.07) is 7.18. The molecule has 0 spiro atoms. The summed E-state index contributed by atoms with van der Waals surface area (Å²) in [6.45, 7) is 5.82. The number of morpholine rings is 1. The van der Waals surface area contributed by atoms with Gasteiger partial charge in [-0.2, -0.15) is 0 Å². The SMILES string of the molecule is Cc1nc(C(=O)Nc2nc(CN3CCOCC3)cs2)nn1-c1ccc(Cl)cc1.